The van der Waals surface area contributed by atoms with E-state index in [1.807, 2.05) is 19.1 Å². The second-order valence-electron chi connectivity index (χ2n) is 4.30. The predicted molar refractivity (Wildman–Crippen MR) is 77.0 cm³/mol. The van der Waals surface area contributed by atoms with Crippen molar-refractivity contribution in [2.75, 3.05) is 5.32 Å². The molecule has 0 atom stereocenters. The molecule has 2 N–H and O–H groups in total. The zero-order valence-corrected chi connectivity index (χ0v) is 11.2. The first-order chi connectivity index (χ1) is 10.0. The summed E-state index contributed by atoms with van der Waals surface area (Å²) in [4.78, 5) is 25.1. The number of hydrogen-bond acceptors (Lipinski definition) is 5. The van der Waals surface area contributed by atoms with Crippen molar-refractivity contribution in [1.29, 1.82) is 0 Å². The molecule has 1 heterocycles. The van der Waals surface area contributed by atoms with Crippen molar-refractivity contribution in [3.63, 3.8) is 0 Å². The first kappa shape index (κ1) is 14.4. The van der Waals surface area contributed by atoms with Gasteiger partial charge in [0.1, 0.15) is 0 Å². The summed E-state index contributed by atoms with van der Waals surface area (Å²) >= 11 is 0. The monoisotopic (exact) mass is 287 g/mol. The number of pyridine rings is 1. The maximum Gasteiger partial charge on any atom is 0.354 e. The van der Waals surface area contributed by atoms with Crippen LogP contribution in [0.2, 0.25) is 0 Å². The quantitative estimate of drug-likeness (QED) is 0.647. The number of nitrogens with one attached hydrogen (secondary N) is 1. The Morgan fingerprint density at radius 3 is 2.48 bits per heavy atom. The molecule has 7 nitrogen and oxygen atoms in total. The smallest absolute Gasteiger partial charge is 0.354 e. The van der Waals surface area contributed by atoms with Gasteiger partial charge in [0.2, 0.25) is 5.82 Å². The highest BCUT2D eigenvalue weighted by molar-refractivity contribution is 5.86. The second kappa shape index (κ2) is 6.00. The molecule has 2 aromatic rings. The van der Waals surface area contributed by atoms with E-state index in [4.69, 9.17) is 5.11 Å². The van der Waals surface area contributed by atoms with Crippen molar-refractivity contribution >= 4 is 23.2 Å². The topological polar surface area (TPSA) is 105 Å². The van der Waals surface area contributed by atoms with E-state index in [1.165, 1.54) is 0 Å². The number of nitrogens with zero attached hydrogens (tertiary/aromatic N) is 2. The number of benzene rings is 1. The van der Waals surface area contributed by atoms with Crippen LogP contribution in [0.25, 0.3) is 0 Å². The fraction of sp³-hybridized carbons (Fsp3) is 0.143. The molecule has 0 aliphatic carbocycles. The van der Waals surface area contributed by atoms with Gasteiger partial charge in [0, 0.05) is 11.8 Å². The maximum atomic E-state index is 11.0. The number of rotatable bonds is 5. The van der Waals surface area contributed by atoms with Crippen LogP contribution in [0.15, 0.2) is 36.4 Å². The maximum absolute atomic E-state index is 11.0. The molecule has 1 aromatic heterocycles. The molecule has 0 fully saturated rings. The van der Waals surface area contributed by atoms with Gasteiger partial charge in [-0.25, -0.2) is 9.78 Å². The van der Waals surface area contributed by atoms with Crippen LogP contribution in [-0.4, -0.2) is 21.0 Å². The highest BCUT2D eigenvalue weighted by Gasteiger charge is 2.18. The Hall–Kier alpha value is -2.96. The summed E-state index contributed by atoms with van der Waals surface area (Å²) in [6.45, 7) is 2.02. The molecule has 1 aromatic carbocycles. The molecule has 2 rings (SSSR count). The number of aryl methyl sites for hydroxylation is 1. The lowest BCUT2D eigenvalue weighted by molar-refractivity contribution is -0.384. The van der Waals surface area contributed by atoms with Crippen molar-refractivity contribution < 1.29 is 14.8 Å². The van der Waals surface area contributed by atoms with Crippen molar-refractivity contribution in [3.8, 4) is 0 Å². The first-order valence-electron chi connectivity index (χ1n) is 6.26. The van der Waals surface area contributed by atoms with Gasteiger partial charge < -0.3 is 10.4 Å². The van der Waals surface area contributed by atoms with Crippen molar-refractivity contribution in [1.82, 2.24) is 4.98 Å². The molecular weight excluding hydrogens is 274 g/mol. The van der Waals surface area contributed by atoms with Crippen LogP contribution in [0.5, 0.6) is 0 Å². The SMILES string of the molecule is CCc1ccc(Nc2nc(C(=O)O)ccc2[N+](=O)[O-])cc1. The van der Waals surface area contributed by atoms with Gasteiger partial charge in [0.25, 0.3) is 0 Å². The average molecular weight is 287 g/mol. The molecule has 0 aliphatic rings. The lowest BCUT2D eigenvalue weighted by Crippen LogP contribution is -2.06. The fourth-order valence-electron chi connectivity index (χ4n) is 1.77. The Morgan fingerprint density at radius 1 is 1.29 bits per heavy atom. The molecule has 21 heavy (non-hydrogen) atoms. The third-order valence-electron chi connectivity index (χ3n) is 2.91. The molecule has 0 bridgehead atoms. The minimum Gasteiger partial charge on any atom is -0.477 e. The Labute approximate surface area is 120 Å². The van der Waals surface area contributed by atoms with Crippen LogP contribution >= 0.6 is 0 Å². The van der Waals surface area contributed by atoms with E-state index in [0.29, 0.717) is 5.69 Å². The van der Waals surface area contributed by atoms with Gasteiger partial charge in [0.15, 0.2) is 5.69 Å². The largest absolute Gasteiger partial charge is 0.477 e. The summed E-state index contributed by atoms with van der Waals surface area (Å²) in [5, 5.41) is 22.7. The van der Waals surface area contributed by atoms with Crippen molar-refractivity contribution in [2.24, 2.45) is 0 Å². The lowest BCUT2D eigenvalue weighted by atomic mass is 10.1. The number of carboxylic acids is 1. The number of hydrogen-bond donors (Lipinski definition) is 2. The number of carboxylic acid groups (broad SMARTS) is 1. The fourth-order valence-corrected chi connectivity index (χ4v) is 1.77. The molecule has 0 amide bonds. The molecule has 0 radical (unpaired) electrons. The average Bonchev–Trinajstić information content (AvgIpc) is 2.47. The zero-order chi connectivity index (χ0) is 15.4. The highest BCUT2D eigenvalue weighted by atomic mass is 16.6. The van der Waals surface area contributed by atoms with Gasteiger partial charge in [-0.2, -0.15) is 0 Å². The van der Waals surface area contributed by atoms with Crippen LogP contribution in [-0.2, 0) is 6.42 Å². The zero-order valence-electron chi connectivity index (χ0n) is 11.2. The Balaban J connectivity index is 2.37. The second-order valence-corrected chi connectivity index (χ2v) is 4.30. The van der Waals surface area contributed by atoms with Crippen LogP contribution in [0, 0.1) is 10.1 Å². The summed E-state index contributed by atoms with van der Waals surface area (Å²) in [7, 11) is 0. The Bertz CT molecular complexity index is 683. The van der Waals surface area contributed by atoms with Gasteiger partial charge >= 0.3 is 11.7 Å². The van der Waals surface area contributed by atoms with E-state index in [2.05, 4.69) is 10.3 Å². The number of carbonyl (C=O) groups is 1. The van der Waals surface area contributed by atoms with Crippen LogP contribution in [0.3, 0.4) is 0 Å². The number of nitro groups is 1. The van der Waals surface area contributed by atoms with Crippen LogP contribution in [0.1, 0.15) is 23.0 Å². The Morgan fingerprint density at radius 2 is 1.95 bits per heavy atom. The summed E-state index contributed by atoms with van der Waals surface area (Å²) in [6, 6.07) is 9.52. The predicted octanol–water partition coefficient (Wildman–Crippen LogP) is 2.99. The van der Waals surface area contributed by atoms with Gasteiger partial charge in [-0.1, -0.05) is 19.1 Å². The van der Waals surface area contributed by atoms with Gasteiger partial charge in [-0.05, 0) is 30.2 Å². The molecule has 108 valence electrons. The van der Waals surface area contributed by atoms with E-state index in [-0.39, 0.29) is 17.2 Å². The van der Waals surface area contributed by atoms with E-state index < -0.39 is 10.9 Å². The third kappa shape index (κ3) is 3.33. The number of anilines is 2. The Kier molecular flexibility index (Phi) is 4.13. The lowest BCUT2D eigenvalue weighted by Gasteiger charge is -2.07. The minimum absolute atomic E-state index is 0.0934. The van der Waals surface area contributed by atoms with Crippen LogP contribution < -0.4 is 5.32 Å². The van der Waals surface area contributed by atoms with Crippen molar-refractivity contribution in [3.05, 3.63) is 57.8 Å². The highest BCUT2D eigenvalue weighted by Crippen LogP contribution is 2.26. The van der Waals surface area contributed by atoms with Gasteiger partial charge in [0.05, 0.1) is 4.92 Å². The normalized spacial score (nSPS) is 10.1. The van der Waals surface area contributed by atoms with Crippen LogP contribution in [0.4, 0.5) is 17.2 Å². The molecule has 0 unspecified atom stereocenters. The number of aromatic nitrogens is 1. The first-order valence-corrected chi connectivity index (χ1v) is 6.26. The third-order valence-corrected chi connectivity index (χ3v) is 2.91. The number of aromatic carboxylic acids is 1. The molecular formula is C14H13N3O4. The molecule has 0 aliphatic heterocycles. The minimum atomic E-state index is -1.24. The van der Waals surface area contributed by atoms with Gasteiger partial charge in [-0.3, -0.25) is 10.1 Å². The van der Waals surface area contributed by atoms with Crippen molar-refractivity contribution in [2.45, 2.75) is 13.3 Å². The molecule has 0 saturated carbocycles. The molecule has 0 spiro atoms. The summed E-state index contributed by atoms with van der Waals surface area (Å²) in [5.41, 5.74) is 1.19. The van der Waals surface area contributed by atoms with E-state index in [0.717, 1.165) is 24.1 Å². The van der Waals surface area contributed by atoms with E-state index in [9.17, 15) is 14.9 Å². The standard InChI is InChI=1S/C14H13N3O4/c1-2-9-3-5-10(6-4-9)15-13-12(17(20)21)8-7-11(16-13)14(18)19/h3-8H,2H2,1H3,(H,15,16)(H,18,19). The molecule has 7 heteroatoms. The summed E-state index contributed by atoms with van der Waals surface area (Å²) in [6.07, 6.45) is 0.882. The van der Waals surface area contributed by atoms with E-state index >= 15 is 0 Å². The molecule has 0 saturated heterocycles. The van der Waals surface area contributed by atoms with E-state index in [1.54, 1.807) is 12.1 Å². The van der Waals surface area contributed by atoms with Gasteiger partial charge in [-0.15, -0.1) is 0 Å². The summed E-state index contributed by atoms with van der Waals surface area (Å²) in [5.74, 6) is -1.33. The summed E-state index contributed by atoms with van der Waals surface area (Å²) < 4.78 is 0.